The van der Waals surface area contributed by atoms with Crippen LogP contribution in [0.25, 0.3) is 0 Å². The Kier molecular flexibility index (Phi) is 6.49. The Bertz CT molecular complexity index is 1030. The maximum absolute atomic E-state index is 13.7. The normalized spacial score (nSPS) is 30.1. The van der Waals surface area contributed by atoms with E-state index < -0.39 is 41.3 Å². The first-order valence-electron chi connectivity index (χ1n) is 11.3. The lowest BCUT2D eigenvalue weighted by molar-refractivity contribution is -0.171. The first kappa shape index (κ1) is 23.9. The highest BCUT2D eigenvalue weighted by Gasteiger charge is 2.71. The molecule has 0 radical (unpaired) electrons. The summed E-state index contributed by atoms with van der Waals surface area (Å²) in [6.07, 6.45) is 2.04. The Morgan fingerprint density at radius 3 is 2.32 bits per heavy atom. The van der Waals surface area contributed by atoms with Crippen molar-refractivity contribution in [2.24, 2.45) is 17.8 Å². The summed E-state index contributed by atoms with van der Waals surface area (Å²) < 4.78 is 21.0. The number of carbonyl (C=O) groups excluding carboxylic acids is 4. The summed E-state index contributed by atoms with van der Waals surface area (Å²) in [5.74, 6) is -3.72. The van der Waals surface area contributed by atoms with Crippen LogP contribution in [-0.4, -0.2) is 68.6 Å². The second kappa shape index (κ2) is 9.21. The first-order chi connectivity index (χ1) is 16.3. The summed E-state index contributed by atoms with van der Waals surface area (Å²) in [5.41, 5.74) is 0.108. The third-order valence-corrected chi connectivity index (χ3v) is 7.31. The van der Waals surface area contributed by atoms with E-state index in [1.165, 1.54) is 14.2 Å². The molecule has 2 heterocycles. The van der Waals surface area contributed by atoms with Crippen molar-refractivity contribution < 1.29 is 38.1 Å². The number of hydrogen-bond acceptors (Lipinski definition) is 9. The Hall–Kier alpha value is -3.20. The van der Waals surface area contributed by atoms with Crippen molar-refractivity contribution in [1.82, 2.24) is 4.90 Å². The molecular weight excluding hydrogens is 442 g/mol. The number of allylic oxidation sites excluding steroid dienone is 1. The quantitative estimate of drug-likeness (QED) is 0.454. The molecular formula is C25H29NO8. The van der Waals surface area contributed by atoms with E-state index in [2.05, 4.69) is 0 Å². The number of ketones is 1. The van der Waals surface area contributed by atoms with Crippen LogP contribution in [0.5, 0.6) is 5.75 Å². The minimum atomic E-state index is -1.49. The molecule has 2 fully saturated rings. The van der Waals surface area contributed by atoms with E-state index in [4.69, 9.17) is 18.9 Å². The van der Waals surface area contributed by atoms with Gasteiger partial charge >= 0.3 is 17.9 Å². The molecule has 0 unspecified atom stereocenters. The molecule has 5 atom stereocenters. The molecule has 0 N–H and O–H groups in total. The van der Waals surface area contributed by atoms with Gasteiger partial charge in [0.15, 0.2) is 5.78 Å². The number of nitrogens with zero attached hydrogens (tertiary/aromatic N) is 1. The summed E-state index contributed by atoms with van der Waals surface area (Å²) in [6.45, 7) is 2.03. The van der Waals surface area contributed by atoms with Gasteiger partial charge in [-0.3, -0.25) is 24.1 Å². The minimum Gasteiger partial charge on any atom is -0.497 e. The van der Waals surface area contributed by atoms with E-state index in [9.17, 15) is 19.2 Å². The monoisotopic (exact) mass is 471 g/mol. The molecule has 0 saturated carbocycles. The number of carbonyl (C=O) groups is 4. The highest BCUT2D eigenvalue weighted by Crippen LogP contribution is 2.58. The predicted molar refractivity (Wildman–Crippen MR) is 119 cm³/mol. The number of benzene rings is 1. The van der Waals surface area contributed by atoms with Gasteiger partial charge in [0, 0.05) is 13.0 Å². The molecule has 1 aliphatic carbocycles. The van der Waals surface area contributed by atoms with Gasteiger partial charge in [-0.15, -0.1) is 0 Å². The van der Waals surface area contributed by atoms with Crippen molar-refractivity contribution in [3.63, 3.8) is 0 Å². The number of methoxy groups -OCH3 is 3. The Balaban J connectivity index is 1.96. The maximum Gasteiger partial charge on any atom is 0.327 e. The van der Waals surface area contributed by atoms with Crippen LogP contribution in [0.4, 0.5) is 0 Å². The van der Waals surface area contributed by atoms with Crippen molar-refractivity contribution >= 4 is 23.7 Å². The van der Waals surface area contributed by atoms with Crippen LogP contribution in [0.3, 0.4) is 0 Å². The zero-order chi connectivity index (χ0) is 24.6. The van der Waals surface area contributed by atoms with E-state index >= 15 is 0 Å². The molecule has 0 bridgehead atoms. The lowest BCUT2D eigenvalue weighted by atomic mass is 9.70. The average Bonchev–Trinajstić information content (AvgIpc) is 3.35. The fourth-order valence-electron chi connectivity index (χ4n) is 5.93. The summed E-state index contributed by atoms with van der Waals surface area (Å²) >= 11 is 0. The molecule has 2 saturated heterocycles. The topological polar surface area (TPSA) is 108 Å². The van der Waals surface area contributed by atoms with Gasteiger partial charge in [0.25, 0.3) is 0 Å². The van der Waals surface area contributed by atoms with Gasteiger partial charge in [0.05, 0.1) is 39.9 Å². The highest BCUT2D eigenvalue weighted by molar-refractivity contribution is 5.97. The standard InChI is InChI=1S/C25H29NO8/c1-5-34-24(30)25-12-15-10-17(27)11-16(15)13-26(25)21(14-6-8-18(31-2)9-7-14)19(22(28)32-3)20(25)23(29)33-4/h6-9,11,15,19-21H,5,10,12-13H2,1-4H3/t15-,19-,20-,21-,25-/m1/s1. The third-order valence-electron chi connectivity index (χ3n) is 7.31. The number of hydrogen-bond donors (Lipinski definition) is 0. The molecule has 0 spiro atoms. The number of esters is 3. The lowest BCUT2D eigenvalue weighted by Gasteiger charge is -2.46. The largest absolute Gasteiger partial charge is 0.497 e. The SMILES string of the molecule is CCOC(=O)[C@]12C[C@H]3CC(=O)C=C3CN1[C@H](c1ccc(OC)cc1)[C@H](C(=O)OC)[C@@H]2C(=O)OC. The van der Waals surface area contributed by atoms with Crippen molar-refractivity contribution in [3.8, 4) is 5.75 Å². The van der Waals surface area contributed by atoms with Crippen LogP contribution < -0.4 is 4.74 Å². The molecule has 9 nitrogen and oxygen atoms in total. The minimum absolute atomic E-state index is 0.0136. The molecule has 2 aliphatic heterocycles. The zero-order valence-corrected chi connectivity index (χ0v) is 19.7. The predicted octanol–water partition coefficient (Wildman–Crippen LogP) is 1.85. The Labute approximate surface area is 198 Å². The summed E-state index contributed by atoms with van der Waals surface area (Å²) in [4.78, 5) is 54.3. The van der Waals surface area contributed by atoms with Crippen molar-refractivity contribution in [1.29, 1.82) is 0 Å². The maximum atomic E-state index is 13.7. The van der Waals surface area contributed by atoms with Crippen LogP contribution >= 0.6 is 0 Å². The van der Waals surface area contributed by atoms with E-state index in [-0.39, 0.29) is 37.7 Å². The molecule has 0 aromatic heterocycles. The van der Waals surface area contributed by atoms with Gasteiger partial charge in [-0.25, -0.2) is 0 Å². The van der Waals surface area contributed by atoms with Gasteiger partial charge in [-0.2, -0.15) is 0 Å². The molecule has 182 valence electrons. The van der Waals surface area contributed by atoms with Gasteiger partial charge < -0.3 is 18.9 Å². The van der Waals surface area contributed by atoms with E-state index in [0.29, 0.717) is 11.3 Å². The average molecular weight is 472 g/mol. The zero-order valence-electron chi connectivity index (χ0n) is 19.7. The Morgan fingerprint density at radius 2 is 1.74 bits per heavy atom. The van der Waals surface area contributed by atoms with Gasteiger partial charge in [-0.1, -0.05) is 12.1 Å². The molecule has 34 heavy (non-hydrogen) atoms. The van der Waals surface area contributed by atoms with E-state index in [0.717, 1.165) is 5.57 Å². The first-order valence-corrected chi connectivity index (χ1v) is 11.3. The number of fused-ring (bicyclic) bond motifs is 2. The summed E-state index contributed by atoms with van der Waals surface area (Å²) in [7, 11) is 4.04. The summed E-state index contributed by atoms with van der Waals surface area (Å²) in [6, 6.07) is 6.42. The van der Waals surface area contributed by atoms with Gasteiger partial charge in [0.1, 0.15) is 17.2 Å². The smallest absolute Gasteiger partial charge is 0.327 e. The molecule has 3 aliphatic rings. The highest BCUT2D eigenvalue weighted by atomic mass is 16.5. The van der Waals surface area contributed by atoms with E-state index in [1.807, 2.05) is 4.90 Å². The van der Waals surface area contributed by atoms with E-state index in [1.54, 1.807) is 44.4 Å². The van der Waals surface area contributed by atoms with Crippen molar-refractivity contribution in [2.45, 2.75) is 31.3 Å². The second-order valence-corrected chi connectivity index (χ2v) is 8.83. The molecule has 4 rings (SSSR count). The number of piperidine rings is 1. The molecule has 1 aromatic rings. The number of rotatable bonds is 6. The molecule has 9 heteroatoms. The van der Waals surface area contributed by atoms with Crippen LogP contribution in [0.1, 0.15) is 31.4 Å². The van der Waals surface area contributed by atoms with Crippen LogP contribution in [-0.2, 0) is 33.4 Å². The molecule has 1 aromatic carbocycles. The van der Waals surface area contributed by atoms with Crippen LogP contribution in [0, 0.1) is 17.8 Å². The third kappa shape index (κ3) is 3.58. The van der Waals surface area contributed by atoms with Gasteiger partial charge in [-0.05, 0) is 48.6 Å². The van der Waals surface area contributed by atoms with Gasteiger partial charge in [0.2, 0.25) is 0 Å². The molecule has 0 amide bonds. The Morgan fingerprint density at radius 1 is 1.06 bits per heavy atom. The van der Waals surface area contributed by atoms with Crippen molar-refractivity contribution in [2.75, 3.05) is 34.5 Å². The fraction of sp³-hybridized carbons (Fsp3) is 0.520. The van der Waals surface area contributed by atoms with Crippen LogP contribution in [0.2, 0.25) is 0 Å². The summed E-state index contributed by atoms with van der Waals surface area (Å²) in [5, 5.41) is 0. The lowest BCUT2D eigenvalue weighted by Crippen LogP contribution is -2.61. The van der Waals surface area contributed by atoms with Crippen molar-refractivity contribution in [3.05, 3.63) is 41.5 Å². The number of ether oxygens (including phenoxy) is 4. The second-order valence-electron chi connectivity index (χ2n) is 8.83. The van der Waals surface area contributed by atoms with Crippen LogP contribution in [0.15, 0.2) is 35.9 Å². The fourth-order valence-corrected chi connectivity index (χ4v) is 5.93.